The maximum Gasteiger partial charge on any atom is 0.245 e. The van der Waals surface area contributed by atoms with E-state index in [0.29, 0.717) is 17.1 Å². The van der Waals surface area contributed by atoms with E-state index in [-0.39, 0.29) is 5.91 Å². The van der Waals surface area contributed by atoms with Gasteiger partial charge >= 0.3 is 0 Å². The molecule has 2 N–H and O–H groups in total. The average molecular weight is 247 g/mol. The van der Waals surface area contributed by atoms with Crippen molar-refractivity contribution in [1.82, 2.24) is 19.4 Å². The number of fused-ring (bicyclic) bond motifs is 1. The molecule has 0 aliphatic carbocycles. The van der Waals surface area contributed by atoms with Crippen LogP contribution in [0, 0.1) is 6.92 Å². The number of anilines is 1. The predicted molar refractivity (Wildman–Crippen MR) is 70.1 cm³/mol. The molecule has 2 aromatic rings. The number of hydrogen-bond acceptors (Lipinski definition) is 4. The summed E-state index contributed by atoms with van der Waals surface area (Å²) in [6, 6.07) is 1.49. The zero-order valence-corrected chi connectivity index (χ0v) is 11.0. The number of imidazole rings is 1. The molecule has 0 fully saturated rings. The molecule has 2 rings (SSSR count). The van der Waals surface area contributed by atoms with Gasteiger partial charge in [0.05, 0.1) is 0 Å². The summed E-state index contributed by atoms with van der Waals surface area (Å²) in [5.41, 5.74) is 8.25. The lowest BCUT2D eigenvalue weighted by molar-refractivity contribution is -0.131. The number of aryl methyl sites for hydroxylation is 1. The number of nitrogen functional groups attached to an aromatic ring is 1. The van der Waals surface area contributed by atoms with Crippen molar-refractivity contribution in [3.8, 4) is 0 Å². The summed E-state index contributed by atoms with van der Waals surface area (Å²) >= 11 is 0. The molecule has 6 nitrogen and oxygen atoms in total. The molecule has 0 radical (unpaired) electrons. The van der Waals surface area contributed by atoms with Crippen molar-refractivity contribution in [2.45, 2.75) is 19.9 Å². The maximum absolute atomic E-state index is 12.0. The maximum atomic E-state index is 12.0. The Kier molecular flexibility index (Phi) is 2.94. The largest absolute Gasteiger partial charge is 0.369 e. The minimum absolute atomic E-state index is 0.0385. The van der Waals surface area contributed by atoms with E-state index >= 15 is 0 Å². The van der Waals surface area contributed by atoms with Gasteiger partial charge in [-0.1, -0.05) is 0 Å². The van der Waals surface area contributed by atoms with Crippen molar-refractivity contribution in [2.24, 2.45) is 0 Å². The standard InChI is InChI=1S/C12H17N5O/c1-7-5-9-10(14-6-7)17(12(13)15-9)8(2)11(18)16(3)4/h5-6,8H,1-4H3,(H2,13,15). The van der Waals surface area contributed by atoms with Gasteiger partial charge in [-0.15, -0.1) is 0 Å². The average Bonchev–Trinajstić information content (AvgIpc) is 2.62. The molecule has 0 aliphatic rings. The van der Waals surface area contributed by atoms with Crippen LogP contribution in [0.4, 0.5) is 5.95 Å². The Morgan fingerprint density at radius 2 is 2.17 bits per heavy atom. The van der Waals surface area contributed by atoms with Crippen LogP contribution in [0.15, 0.2) is 12.3 Å². The van der Waals surface area contributed by atoms with E-state index in [0.717, 1.165) is 5.56 Å². The molecule has 1 amide bonds. The van der Waals surface area contributed by atoms with Gasteiger partial charge in [0, 0.05) is 20.3 Å². The van der Waals surface area contributed by atoms with Crippen LogP contribution in [0.3, 0.4) is 0 Å². The van der Waals surface area contributed by atoms with Crippen molar-refractivity contribution in [1.29, 1.82) is 0 Å². The molecule has 18 heavy (non-hydrogen) atoms. The second-order valence-corrected chi connectivity index (χ2v) is 4.60. The van der Waals surface area contributed by atoms with Crippen LogP contribution in [0.2, 0.25) is 0 Å². The Morgan fingerprint density at radius 1 is 1.50 bits per heavy atom. The number of carbonyl (C=O) groups is 1. The van der Waals surface area contributed by atoms with Crippen LogP contribution >= 0.6 is 0 Å². The van der Waals surface area contributed by atoms with Gasteiger partial charge in [0.15, 0.2) is 5.65 Å². The number of aromatic nitrogens is 3. The van der Waals surface area contributed by atoms with Crippen molar-refractivity contribution >= 4 is 23.0 Å². The van der Waals surface area contributed by atoms with E-state index in [4.69, 9.17) is 5.73 Å². The lowest BCUT2D eigenvalue weighted by Crippen LogP contribution is -2.30. The smallest absolute Gasteiger partial charge is 0.245 e. The topological polar surface area (TPSA) is 77.0 Å². The highest BCUT2D eigenvalue weighted by Gasteiger charge is 2.22. The van der Waals surface area contributed by atoms with Crippen molar-refractivity contribution in [3.63, 3.8) is 0 Å². The third-order valence-electron chi connectivity index (χ3n) is 2.88. The fourth-order valence-electron chi connectivity index (χ4n) is 1.97. The van der Waals surface area contributed by atoms with Gasteiger partial charge in [0.25, 0.3) is 0 Å². The molecule has 1 unspecified atom stereocenters. The number of nitrogens with two attached hydrogens (primary N) is 1. The van der Waals surface area contributed by atoms with Crippen molar-refractivity contribution < 1.29 is 4.79 Å². The lowest BCUT2D eigenvalue weighted by atomic mass is 10.2. The first-order chi connectivity index (χ1) is 8.41. The zero-order valence-electron chi connectivity index (χ0n) is 11.0. The second kappa shape index (κ2) is 4.29. The Hall–Kier alpha value is -2.11. The predicted octanol–water partition coefficient (Wildman–Crippen LogP) is 0.971. The monoisotopic (exact) mass is 247 g/mol. The Labute approximate surface area is 105 Å². The molecule has 0 saturated carbocycles. The number of rotatable bonds is 2. The molecule has 0 spiro atoms. The summed E-state index contributed by atoms with van der Waals surface area (Å²) < 4.78 is 1.66. The summed E-state index contributed by atoms with van der Waals surface area (Å²) in [5, 5.41) is 0. The van der Waals surface area contributed by atoms with Crippen LogP contribution in [-0.2, 0) is 4.79 Å². The molecule has 0 aliphatic heterocycles. The van der Waals surface area contributed by atoms with Gasteiger partial charge in [-0.2, -0.15) is 0 Å². The Bertz CT molecular complexity index is 602. The van der Waals surface area contributed by atoms with E-state index in [1.165, 1.54) is 4.90 Å². The minimum Gasteiger partial charge on any atom is -0.369 e. The summed E-state index contributed by atoms with van der Waals surface area (Å²) in [7, 11) is 3.43. The van der Waals surface area contributed by atoms with Gasteiger partial charge < -0.3 is 10.6 Å². The SMILES string of the molecule is Cc1cnc2c(c1)nc(N)n2C(C)C(=O)N(C)C. The van der Waals surface area contributed by atoms with Crippen LogP contribution in [0.25, 0.3) is 11.2 Å². The Morgan fingerprint density at radius 3 is 2.78 bits per heavy atom. The third-order valence-corrected chi connectivity index (χ3v) is 2.88. The van der Waals surface area contributed by atoms with Gasteiger partial charge in [0.2, 0.25) is 11.9 Å². The summed E-state index contributed by atoms with van der Waals surface area (Å²) in [4.78, 5) is 22.1. The molecule has 0 bridgehead atoms. The number of carbonyl (C=O) groups excluding carboxylic acids is 1. The molecule has 6 heteroatoms. The number of nitrogens with zero attached hydrogens (tertiary/aromatic N) is 4. The molecule has 2 aromatic heterocycles. The minimum atomic E-state index is -0.416. The first kappa shape index (κ1) is 12.3. The quantitative estimate of drug-likeness (QED) is 0.857. The second-order valence-electron chi connectivity index (χ2n) is 4.60. The van der Waals surface area contributed by atoms with Gasteiger partial charge in [-0.3, -0.25) is 9.36 Å². The van der Waals surface area contributed by atoms with E-state index < -0.39 is 6.04 Å². The number of likely N-dealkylation sites (N-methyl/N-ethyl adjacent to an activating group) is 1. The highest BCUT2D eigenvalue weighted by molar-refractivity contribution is 5.83. The van der Waals surface area contributed by atoms with Crippen LogP contribution < -0.4 is 5.73 Å². The van der Waals surface area contributed by atoms with Crippen LogP contribution in [-0.4, -0.2) is 39.4 Å². The van der Waals surface area contributed by atoms with Crippen LogP contribution in [0.5, 0.6) is 0 Å². The highest BCUT2D eigenvalue weighted by atomic mass is 16.2. The fourth-order valence-corrected chi connectivity index (χ4v) is 1.97. The van der Waals surface area contributed by atoms with E-state index in [9.17, 15) is 4.79 Å². The highest BCUT2D eigenvalue weighted by Crippen LogP contribution is 2.22. The summed E-state index contributed by atoms with van der Waals surface area (Å²) in [6.07, 6.45) is 1.74. The third kappa shape index (κ3) is 1.90. The molecule has 1 atom stereocenters. The van der Waals surface area contributed by atoms with Gasteiger partial charge in [-0.05, 0) is 25.5 Å². The molecule has 2 heterocycles. The van der Waals surface area contributed by atoms with Gasteiger partial charge in [0.1, 0.15) is 11.6 Å². The lowest BCUT2D eigenvalue weighted by Gasteiger charge is -2.19. The van der Waals surface area contributed by atoms with Crippen molar-refractivity contribution in [3.05, 3.63) is 17.8 Å². The number of amides is 1. The number of pyridine rings is 1. The number of hydrogen-bond donors (Lipinski definition) is 1. The van der Waals surface area contributed by atoms with Gasteiger partial charge in [-0.25, -0.2) is 9.97 Å². The first-order valence-electron chi connectivity index (χ1n) is 5.73. The first-order valence-corrected chi connectivity index (χ1v) is 5.73. The van der Waals surface area contributed by atoms with E-state index in [1.54, 1.807) is 31.8 Å². The fraction of sp³-hybridized carbons (Fsp3) is 0.417. The molecular weight excluding hydrogens is 230 g/mol. The molecule has 0 saturated heterocycles. The molecule has 0 aromatic carbocycles. The van der Waals surface area contributed by atoms with Crippen LogP contribution in [0.1, 0.15) is 18.5 Å². The molecule has 96 valence electrons. The van der Waals surface area contributed by atoms with E-state index in [1.807, 2.05) is 13.0 Å². The zero-order chi connectivity index (χ0) is 13.4. The normalized spacial score (nSPS) is 12.7. The Balaban J connectivity index is 2.57. The molecular formula is C12H17N5O. The summed E-state index contributed by atoms with van der Waals surface area (Å²) in [6.45, 7) is 3.73. The van der Waals surface area contributed by atoms with E-state index in [2.05, 4.69) is 9.97 Å². The van der Waals surface area contributed by atoms with Crippen molar-refractivity contribution in [2.75, 3.05) is 19.8 Å². The summed E-state index contributed by atoms with van der Waals surface area (Å²) in [5.74, 6) is 0.272.